The lowest BCUT2D eigenvalue weighted by Crippen LogP contribution is -2.38. The van der Waals surface area contributed by atoms with Crippen LogP contribution in [0.5, 0.6) is 5.75 Å². The van der Waals surface area contributed by atoms with Gasteiger partial charge in [0.15, 0.2) is 0 Å². The average molecular weight is 437 g/mol. The molecule has 8 heteroatoms. The third kappa shape index (κ3) is 7.95. The van der Waals surface area contributed by atoms with Crippen LogP contribution in [0.2, 0.25) is 0 Å². The highest BCUT2D eigenvalue weighted by Crippen LogP contribution is 2.28. The quantitative estimate of drug-likeness (QED) is 0.407. The predicted octanol–water partition coefficient (Wildman–Crippen LogP) is 4.32. The van der Waals surface area contributed by atoms with Crippen molar-refractivity contribution in [2.24, 2.45) is 5.92 Å². The van der Waals surface area contributed by atoms with Crippen LogP contribution in [0.15, 0.2) is 54.6 Å². The molecule has 4 nitrogen and oxygen atoms in total. The topological polar surface area (TPSA) is 62.1 Å². The van der Waals surface area contributed by atoms with E-state index in [1.54, 1.807) is 30.0 Å². The summed E-state index contributed by atoms with van der Waals surface area (Å²) in [6, 6.07) is 18.2. The zero-order valence-corrected chi connectivity index (χ0v) is 17.3. The van der Waals surface area contributed by atoms with E-state index in [0.29, 0.717) is 11.3 Å². The number of carbonyl (C=O) groups is 1. The second kappa shape index (κ2) is 12.3. The first kappa shape index (κ1) is 23.0. The molecular weight excluding hydrogens is 414 g/mol. The first-order chi connectivity index (χ1) is 14.0. The number of amides is 1. The van der Waals surface area contributed by atoms with Gasteiger partial charge < -0.3 is 10.1 Å². The standard InChI is InChI=1S/C21H22F2N2O2S2/c22-21(23)27-18-9-5-4-8-16(18)12-19(28)17(20(26)25-11-10-24)14-29-13-15-6-2-1-3-7-15/h1-9,17,19,21,28H,11-14H2,(H,25,26). The van der Waals surface area contributed by atoms with Crippen molar-refractivity contribution in [3.63, 3.8) is 0 Å². The number of thioether (sulfide) groups is 1. The summed E-state index contributed by atoms with van der Waals surface area (Å²) in [5, 5.41) is 10.9. The van der Waals surface area contributed by atoms with Crippen molar-refractivity contribution in [2.75, 3.05) is 12.3 Å². The molecule has 0 aliphatic rings. The summed E-state index contributed by atoms with van der Waals surface area (Å²) in [4.78, 5) is 12.6. The van der Waals surface area contributed by atoms with Gasteiger partial charge in [-0.1, -0.05) is 48.5 Å². The van der Waals surface area contributed by atoms with Gasteiger partial charge in [-0.15, -0.1) is 0 Å². The number of hydrogen-bond donors (Lipinski definition) is 2. The van der Waals surface area contributed by atoms with Crippen LogP contribution in [-0.2, 0) is 17.0 Å². The summed E-state index contributed by atoms with van der Waals surface area (Å²) in [5.41, 5.74) is 1.69. The summed E-state index contributed by atoms with van der Waals surface area (Å²) in [7, 11) is 0. The van der Waals surface area contributed by atoms with Crippen LogP contribution < -0.4 is 10.1 Å². The second-order valence-corrected chi connectivity index (χ2v) is 7.93. The van der Waals surface area contributed by atoms with E-state index < -0.39 is 17.8 Å². The van der Waals surface area contributed by atoms with Gasteiger partial charge >= 0.3 is 6.61 Å². The Kier molecular flexibility index (Phi) is 9.81. The highest BCUT2D eigenvalue weighted by atomic mass is 32.2. The number of ether oxygens (including phenoxy) is 1. The fourth-order valence-corrected chi connectivity index (χ4v) is 4.51. The van der Waals surface area contributed by atoms with Gasteiger partial charge in [-0.2, -0.15) is 38.4 Å². The fourth-order valence-electron chi connectivity index (χ4n) is 2.75. The fraction of sp³-hybridized carbons (Fsp3) is 0.333. The summed E-state index contributed by atoms with van der Waals surface area (Å²) in [6.07, 6.45) is 0.280. The first-order valence-corrected chi connectivity index (χ1v) is 10.7. The molecule has 0 fully saturated rings. The zero-order chi connectivity index (χ0) is 21.1. The van der Waals surface area contributed by atoms with Gasteiger partial charge in [0.1, 0.15) is 12.3 Å². The molecule has 154 valence electrons. The van der Waals surface area contributed by atoms with Gasteiger partial charge in [-0.25, -0.2) is 0 Å². The Labute approximate surface area is 179 Å². The maximum atomic E-state index is 12.7. The second-order valence-electron chi connectivity index (χ2n) is 6.24. The van der Waals surface area contributed by atoms with Crippen LogP contribution in [0.3, 0.4) is 0 Å². The normalized spacial score (nSPS) is 12.8. The summed E-state index contributed by atoms with van der Waals surface area (Å²) in [5.74, 6) is 0.515. The third-order valence-electron chi connectivity index (χ3n) is 4.17. The number of benzene rings is 2. The van der Waals surface area contributed by atoms with Gasteiger partial charge in [0.25, 0.3) is 0 Å². The van der Waals surface area contributed by atoms with Crippen LogP contribution in [0.1, 0.15) is 11.1 Å². The molecule has 2 aromatic rings. The van der Waals surface area contributed by atoms with Crippen LogP contribution >= 0.6 is 24.4 Å². The van der Waals surface area contributed by atoms with Crippen molar-refractivity contribution in [3.8, 4) is 11.8 Å². The predicted molar refractivity (Wildman–Crippen MR) is 114 cm³/mol. The number of alkyl halides is 2. The number of rotatable bonds is 11. The van der Waals surface area contributed by atoms with Gasteiger partial charge in [-0.05, 0) is 23.6 Å². The summed E-state index contributed by atoms with van der Waals surface area (Å²) in [6.45, 7) is -3.02. The van der Waals surface area contributed by atoms with Gasteiger partial charge in [0, 0.05) is 16.8 Å². The molecule has 2 aromatic carbocycles. The summed E-state index contributed by atoms with van der Waals surface area (Å²) >= 11 is 6.18. The molecular formula is C21H22F2N2O2S2. The van der Waals surface area contributed by atoms with Crippen molar-refractivity contribution < 1.29 is 18.3 Å². The van der Waals surface area contributed by atoms with Crippen molar-refractivity contribution in [1.29, 1.82) is 5.26 Å². The van der Waals surface area contributed by atoms with Crippen molar-refractivity contribution >= 4 is 30.3 Å². The molecule has 0 aromatic heterocycles. The van der Waals surface area contributed by atoms with E-state index in [2.05, 4.69) is 22.7 Å². The number of thiol groups is 1. The molecule has 2 atom stereocenters. The molecule has 0 saturated carbocycles. The first-order valence-electron chi connectivity index (χ1n) is 8.98. The molecule has 0 bridgehead atoms. The van der Waals surface area contributed by atoms with Gasteiger partial charge in [0.2, 0.25) is 5.91 Å². The monoisotopic (exact) mass is 436 g/mol. The van der Waals surface area contributed by atoms with Crippen LogP contribution in [0.25, 0.3) is 0 Å². The van der Waals surface area contributed by atoms with E-state index in [1.165, 1.54) is 6.07 Å². The Morgan fingerprint density at radius 3 is 2.55 bits per heavy atom. The van der Waals surface area contributed by atoms with E-state index in [4.69, 9.17) is 5.26 Å². The van der Waals surface area contributed by atoms with E-state index >= 15 is 0 Å². The maximum absolute atomic E-state index is 12.7. The largest absolute Gasteiger partial charge is 0.435 e. The molecule has 1 N–H and O–H groups in total. The number of hydrogen-bond acceptors (Lipinski definition) is 5. The van der Waals surface area contributed by atoms with Gasteiger partial charge in [0.05, 0.1) is 12.0 Å². The molecule has 29 heavy (non-hydrogen) atoms. The lowest BCUT2D eigenvalue weighted by molar-refractivity contribution is -0.124. The Hall–Kier alpha value is -2.24. The lowest BCUT2D eigenvalue weighted by atomic mass is 9.98. The highest BCUT2D eigenvalue weighted by Gasteiger charge is 2.27. The van der Waals surface area contributed by atoms with Crippen molar-refractivity contribution in [3.05, 3.63) is 65.7 Å². The van der Waals surface area contributed by atoms with Crippen LogP contribution in [-0.4, -0.2) is 30.1 Å². The minimum atomic E-state index is -2.93. The molecule has 0 saturated heterocycles. The lowest BCUT2D eigenvalue weighted by Gasteiger charge is -2.23. The Bertz CT molecular complexity index is 816. The number of nitrogens with zero attached hydrogens (tertiary/aromatic N) is 1. The minimum Gasteiger partial charge on any atom is -0.435 e. The molecule has 0 spiro atoms. The maximum Gasteiger partial charge on any atom is 0.387 e. The molecule has 2 rings (SSSR count). The van der Waals surface area contributed by atoms with Crippen LogP contribution in [0.4, 0.5) is 8.78 Å². The van der Waals surface area contributed by atoms with Gasteiger partial charge in [-0.3, -0.25) is 4.79 Å². The van der Waals surface area contributed by atoms with Crippen molar-refractivity contribution in [1.82, 2.24) is 5.32 Å². The molecule has 0 heterocycles. The average Bonchev–Trinajstić information content (AvgIpc) is 2.71. The van der Waals surface area contributed by atoms with E-state index in [1.807, 2.05) is 36.4 Å². The molecule has 0 radical (unpaired) electrons. The number of halogens is 2. The SMILES string of the molecule is N#CCNC(=O)C(CSCc1ccccc1)C(S)Cc1ccccc1OC(F)F. The molecule has 1 amide bonds. The number of nitrogens with one attached hydrogen (secondary N) is 1. The van der Waals surface area contributed by atoms with E-state index in [-0.39, 0.29) is 24.6 Å². The zero-order valence-electron chi connectivity index (χ0n) is 15.6. The number of para-hydroxylation sites is 1. The smallest absolute Gasteiger partial charge is 0.387 e. The minimum absolute atomic E-state index is 0.0784. The highest BCUT2D eigenvalue weighted by molar-refractivity contribution is 7.98. The Morgan fingerprint density at radius 1 is 1.17 bits per heavy atom. The molecule has 0 aliphatic heterocycles. The Morgan fingerprint density at radius 2 is 1.86 bits per heavy atom. The van der Waals surface area contributed by atoms with Crippen molar-refractivity contribution in [2.45, 2.75) is 24.0 Å². The summed E-state index contributed by atoms with van der Waals surface area (Å²) < 4.78 is 29.9. The van der Waals surface area contributed by atoms with E-state index in [0.717, 1.165) is 11.3 Å². The molecule has 0 aliphatic carbocycles. The number of carbonyl (C=O) groups excluding carboxylic acids is 1. The third-order valence-corrected chi connectivity index (χ3v) is 5.84. The molecule has 2 unspecified atom stereocenters. The van der Waals surface area contributed by atoms with E-state index in [9.17, 15) is 13.6 Å². The van der Waals surface area contributed by atoms with Crippen LogP contribution in [0, 0.1) is 17.2 Å². The Balaban J connectivity index is 2.06. The number of nitriles is 1.